The topological polar surface area (TPSA) is 32.3 Å². The molecule has 0 aliphatic heterocycles. The highest BCUT2D eigenvalue weighted by molar-refractivity contribution is 5.76. The lowest BCUT2D eigenvalue weighted by Gasteiger charge is -2.11. The summed E-state index contributed by atoms with van der Waals surface area (Å²) in [6.45, 7) is 0.152. The first-order valence-corrected chi connectivity index (χ1v) is 5.01. The fraction of sp³-hybridized carbons (Fsp3) is 0.364. The van der Waals surface area contributed by atoms with Crippen LogP contribution in [0.1, 0.15) is 6.42 Å². The normalized spacial score (nSPS) is 10.2. The van der Waals surface area contributed by atoms with E-state index in [1.807, 2.05) is 0 Å². The Morgan fingerprint density at radius 3 is 2.47 bits per heavy atom. The van der Waals surface area contributed by atoms with Crippen LogP contribution >= 0.6 is 0 Å². The Hall–Kier alpha value is -1.72. The first-order chi connectivity index (χ1) is 7.93. The van der Waals surface area contributed by atoms with Crippen LogP contribution in [0.2, 0.25) is 0 Å². The van der Waals surface area contributed by atoms with Gasteiger partial charge in [0.25, 0.3) is 0 Å². The lowest BCUT2D eigenvalue weighted by Crippen LogP contribution is -2.24. The Balaban J connectivity index is 2.59. The van der Waals surface area contributed by atoms with Crippen molar-refractivity contribution in [2.75, 3.05) is 26.0 Å². The lowest BCUT2D eigenvalue weighted by atomic mass is 10.2. The molecule has 0 spiro atoms. The van der Waals surface area contributed by atoms with Crippen LogP contribution in [0, 0.1) is 17.5 Å². The van der Waals surface area contributed by atoms with Crippen LogP contribution < -0.4 is 5.32 Å². The van der Waals surface area contributed by atoms with Crippen molar-refractivity contribution in [1.29, 1.82) is 0 Å². The highest BCUT2D eigenvalue weighted by Gasteiger charge is 2.13. The monoisotopic (exact) mass is 246 g/mol. The van der Waals surface area contributed by atoms with Gasteiger partial charge in [-0.3, -0.25) is 4.79 Å². The number of hydrogen-bond donors (Lipinski definition) is 1. The van der Waals surface area contributed by atoms with Crippen molar-refractivity contribution in [3.05, 3.63) is 29.6 Å². The Morgan fingerprint density at radius 1 is 1.24 bits per heavy atom. The van der Waals surface area contributed by atoms with E-state index in [9.17, 15) is 18.0 Å². The van der Waals surface area contributed by atoms with Crippen molar-refractivity contribution < 1.29 is 18.0 Å². The van der Waals surface area contributed by atoms with E-state index in [1.165, 1.54) is 4.90 Å². The molecule has 1 N–H and O–H groups in total. The summed E-state index contributed by atoms with van der Waals surface area (Å²) in [4.78, 5) is 12.6. The molecule has 0 unspecified atom stereocenters. The third-order valence-corrected chi connectivity index (χ3v) is 2.19. The van der Waals surface area contributed by atoms with E-state index in [2.05, 4.69) is 5.32 Å². The molecule has 0 atom stereocenters. The first-order valence-electron chi connectivity index (χ1n) is 5.01. The van der Waals surface area contributed by atoms with Crippen LogP contribution in [0.15, 0.2) is 12.1 Å². The highest BCUT2D eigenvalue weighted by Crippen LogP contribution is 2.19. The molecule has 0 saturated heterocycles. The van der Waals surface area contributed by atoms with E-state index in [1.54, 1.807) is 14.1 Å². The Labute approximate surface area is 97.2 Å². The number of amides is 1. The minimum Gasteiger partial charge on any atom is -0.382 e. The molecule has 0 aliphatic carbocycles. The smallest absolute Gasteiger partial charge is 0.223 e. The molecular weight excluding hydrogens is 233 g/mol. The average molecular weight is 246 g/mol. The molecule has 0 aromatic heterocycles. The van der Waals surface area contributed by atoms with Gasteiger partial charge in [0.05, 0.1) is 5.69 Å². The molecule has 1 aromatic carbocycles. The molecule has 0 heterocycles. The molecule has 0 radical (unpaired) electrons. The molecule has 94 valence electrons. The predicted octanol–water partition coefficient (Wildman–Crippen LogP) is 1.99. The largest absolute Gasteiger partial charge is 0.382 e. The number of anilines is 1. The molecule has 0 saturated carbocycles. The molecule has 1 amide bonds. The minimum absolute atomic E-state index is 0.138. The molecule has 3 nitrogen and oxygen atoms in total. The second-order valence-electron chi connectivity index (χ2n) is 3.69. The summed E-state index contributed by atoms with van der Waals surface area (Å²) in [6, 6.07) is 1.92. The molecule has 0 aliphatic rings. The van der Waals surface area contributed by atoms with Crippen LogP contribution in [0.3, 0.4) is 0 Å². The highest BCUT2D eigenvalue weighted by atomic mass is 19.2. The van der Waals surface area contributed by atoms with E-state index in [4.69, 9.17) is 0 Å². The van der Waals surface area contributed by atoms with E-state index < -0.39 is 17.5 Å². The summed E-state index contributed by atoms with van der Waals surface area (Å²) in [6.07, 6.45) is 0.144. The zero-order valence-electron chi connectivity index (χ0n) is 9.56. The van der Waals surface area contributed by atoms with Gasteiger partial charge >= 0.3 is 0 Å². The molecule has 0 bridgehead atoms. The fourth-order valence-corrected chi connectivity index (χ4v) is 1.19. The number of carbonyl (C=O) groups excluding carboxylic acids is 1. The van der Waals surface area contributed by atoms with Crippen molar-refractivity contribution in [2.24, 2.45) is 0 Å². The number of benzene rings is 1. The van der Waals surface area contributed by atoms with Gasteiger partial charge in [-0.15, -0.1) is 0 Å². The standard InChI is InChI=1S/C11H13F3N2O/c1-16(2)9(17)5-6-15-8-4-3-7(12)10(13)11(8)14/h3-4,15H,5-6H2,1-2H3. The Kier molecular flexibility index (Phi) is 4.37. The van der Waals surface area contributed by atoms with Gasteiger partial charge < -0.3 is 10.2 Å². The van der Waals surface area contributed by atoms with Crippen molar-refractivity contribution in [2.45, 2.75) is 6.42 Å². The second kappa shape index (κ2) is 5.56. The quantitative estimate of drug-likeness (QED) is 0.824. The van der Waals surface area contributed by atoms with Crippen LogP contribution in [0.25, 0.3) is 0 Å². The van der Waals surface area contributed by atoms with Crippen LogP contribution in [-0.2, 0) is 4.79 Å². The molecular formula is C11H13F3N2O. The third-order valence-electron chi connectivity index (χ3n) is 2.19. The Bertz CT molecular complexity index is 421. The van der Waals surface area contributed by atoms with Gasteiger partial charge in [0.2, 0.25) is 5.91 Å². The Morgan fingerprint density at radius 2 is 1.88 bits per heavy atom. The number of nitrogens with one attached hydrogen (secondary N) is 1. The maximum atomic E-state index is 13.2. The van der Waals surface area contributed by atoms with E-state index in [-0.39, 0.29) is 24.6 Å². The maximum absolute atomic E-state index is 13.2. The molecule has 1 rings (SSSR count). The summed E-state index contributed by atoms with van der Waals surface area (Å²) in [5.74, 6) is -4.17. The summed E-state index contributed by atoms with van der Waals surface area (Å²) >= 11 is 0. The summed E-state index contributed by atoms with van der Waals surface area (Å²) in [7, 11) is 3.20. The molecule has 0 fully saturated rings. The maximum Gasteiger partial charge on any atom is 0.223 e. The van der Waals surface area contributed by atoms with Gasteiger partial charge in [-0.1, -0.05) is 0 Å². The van der Waals surface area contributed by atoms with Crippen molar-refractivity contribution in [3.63, 3.8) is 0 Å². The van der Waals surface area contributed by atoms with Gasteiger partial charge in [0, 0.05) is 27.1 Å². The number of rotatable bonds is 4. The van der Waals surface area contributed by atoms with E-state index >= 15 is 0 Å². The molecule has 6 heteroatoms. The summed E-state index contributed by atoms with van der Waals surface area (Å²) in [5, 5.41) is 2.54. The fourth-order valence-electron chi connectivity index (χ4n) is 1.19. The molecule has 17 heavy (non-hydrogen) atoms. The van der Waals surface area contributed by atoms with Gasteiger partial charge in [0.15, 0.2) is 17.5 Å². The van der Waals surface area contributed by atoms with E-state index in [0.717, 1.165) is 12.1 Å². The van der Waals surface area contributed by atoms with Gasteiger partial charge in [-0.25, -0.2) is 13.2 Å². The van der Waals surface area contributed by atoms with Gasteiger partial charge in [-0.2, -0.15) is 0 Å². The SMILES string of the molecule is CN(C)C(=O)CCNc1ccc(F)c(F)c1F. The van der Waals surface area contributed by atoms with Crippen molar-refractivity contribution >= 4 is 11.6 Å². The zero-order chi connectivity index (χ0) is 13.0. The summed E-state index contributed by atoms with van der Waals surface area (Å²) < 4.78 is 38.6. The van der Waals surface area contributed by atoms with Crippen molar-refractivity contribution in [3.8, 4) is 0 Å². The van der Waals surface area contributed by atoms with E-state index in [0.29, 0.717) is 0 Å². The molecule has 1 aromatic rings. The average Bonchev–Trinajstić information content (AvgIpc) is 2.28. The number of nitrogens with zero attached hydrogens (tertiary/aromatic N) is 1. The van der Waals surface area contributed by atoms with Crippen LogP contribution in [-0.4, -0.2) is 31.4 Å². The lowest BCUT2D eigenvalue weighted by molar-refractivity contribution is -0.128. The summed E-state index contributed by atoms with van der Waals surface area (Å²) in [5.41, 5.74) is -0.157. The zero-order valence-corrected chi connectivity index (χ0v) is 9.56. The first kappa shape index (κ1) is 13.3. The number of halogens is 3. The van der Waals surface area contributed by atoms with Gasteiger partial charge in [-0.05, 0) is 12.1 Å². The predicted molar refractivity (Wildman–Crippen MR) is 58.1 cm³/mol. The van der Waals surface area contributed by atoms with Crippen LogP contribution in [0.4, 0.5) is 18.9 Å². The van der Waals surface area contributed by atoms with Crippen molar-refractivity contribution in [1.82, 2.24) is 4.90 Å². The number of hydrogen-bond acceptors (Lipinski definition) is 2. The van der Waals surface area contributed by atoms with Crippen LogP contribution in [0.5, 0.6) is 0 Å². The number of carbonyl (C=O) groups is 1. The minimum atomic E-state index is -1.52. The second-order valence-corrected chi connectivity index (χ2v) is 3.69. The van der Waals surface area contributed by atoms with Gasteiger partial charge in [0.1, 0.15) is 0 Å². The third kappa shape index (κ3) is 3.37.